The molecule has 1 aliphatic carbocycles. The highest BCUT2D eigenvalue weighted by molar-refractivity contribution is 6.30. The van der Waals surface area contributed by atoms with Crippen LogP contribution in [-0.4, -0.2) is 16.5 Å². The average molecular weight is 302 g/mol. The van der Waals surface area contributed by atoms with E-state index in [1.165, 1.54) is 24.1 Å². The van der Waals surface area contributed by atoms with Crippen LogP contribution in [0.5, 0.6) is 0 Å². The van der Waals surface area contributed by atoms with Crippen LogP contribution in [0.25, 0.3) is 11.4 Å². The van der Waals surface area contributed by atoms with Crippen molar-refractivity contribution in [2.75, 3.05) is 6.54 Å². The summed E-state index contributed by atoms with van der Waals surface area (Å²) in [5.74, 6) is 0.793. The molecule has 3 nitrogen and oxygen atoms in total. The van der Waals surface area contributed by atoms with Crippen molar-refractivity contribution in [1.82, 2.24) is 15.3 Å². The van der Waals surface area contributed by atoms with Gasteiger partial charge < -0.3 is 5.32 Å². The minimum atomic E-state index is 0.410. The van der Waals surface area contributed by atoms with Gasteiger partial charge in [-0.25, -0.2) is 9.97 Å². The molecule has 2 aromatic rings. The normalized spacial score (nSPS) is 17.5. The van der Waals surface area contributed by atoms with Gasteiger partial charge in [0.15, 0.2) is 5.82 Å². The highest BCUT2D eigenvalue weighted by Gasteiger charge is 2.21. The maximum absolute atomic E-state index is 5.93. The number of hydrogen-bond acceptors (Lipinski definition) is 3. The summed E-state index contributed by atoms with van der Waals surface area (Å²) in [6.45, 7) is 3.24. The Bertz CT molecular complexity index is 610. The number of nitrogens with one attached hydrogen (secondary N) is 1. The lowest BCUT2D eigenvalue weighted by molar-refractivity contribution is 0.454. The summed E-state index contributed by atoms with van der Waals surface area (Å²) in [5.41, 5.74) is 3.48. The largest absolute Gasteiger partial charge is 0.310 e. The van der Waals surface area contributed by atoms with Gasteiger partial charge in [0.25, 0.3) is 0 Å². The third-order valence-electron chi connectivity index (χ3n) is 3.92. The fraction of sp³-hybridized carbons (Fsp3) is 0.412. The van der Waals surface area contributed by atoms with Crippen LogP contribution in [0, 0.1) is 0 Å². The van der Waals surface area contributed by atoms with Crippen LogP contribution < -0.4 is 5.32 Å². The van der Waals surface area contributed by atoms with Crippen LogP contribution in [0.15, 0.2) is 30.5 Å². The van der Waals surface area contributed by atoms with Gasteiger partial charge in [-0.15, -0.1) is 0 Å². The Morgan fingerprint density at radius 2 is 2.10 bits per heavy atom. The van der Waals surface area contributed by atoms with Crippen LogP contribution in [0.3, 0.4) is 0 Å². The van der Waals surface area contributed by atoms with Crippen LogP contribution in [0.2, 0.25) is 5.02 Å². The van der Waals surface area contributed by atoms with Crippen molar-refractivity contribution >= 4 is 11.6 Å². The molecule has 21 heavy (non-hydrogen) atoms. The first-order valence-electron chi connectivity index (χ1n) is 7.63. The maximum atomic E-state index is 5.93. The van der Waals surface area contributed by atoms with E-state index in [1.54, 1.807) is 0 Å². The number of aryl methyl sites for hydroxylation is 1. The summed E-state index contributed by atoms with van der Waals surface area (Å²) in [6.07, 6.45) is 6.55. The van der Waals surface area contributed by atoms with Gasteiger partial charge in [-0.05, 0) is 56.5 Å². The Hall–Kier alpha value is -1.45. The van der Waals surface area contributed by atoms with Crippen molar-refractivity contribution in [3.8, 4) is 11.4 Å². The maximum Gasteiger partial charge on any atom is 0.159 e. The predicted molar refractivity (Wildman–Crippen MR) is 86.5 cm³/mol. The van der Waals surface area contributed by atoms with E-state index in [9.17, 15) is 0 Å². The van der Waals surface area contributed by atoms with E-state index in [1.807, 2.05) is 30.5 Å². The van der Waals surface area contributed by atoms with Crippen LogP contribution >= 0.6 is 11.6 Å². The van der Waals surface area contributed by atoms with E-state index in [4.69, 9.17) is 16.6 Å². The fourth-order valence-electron chi connectivity index (χ4n) is 2.82. The van der Waals surface area contributed by atoms with Gasteiger partial charge in [-0.1, -0.05) is 18.5 Å². The van der Waals surface area contributed by atoms with E-state index in [0.29, 0.717) is 6.04 Å². The van der Waals surface area contributed by atoms with Crippen molar-refractivity contribution < 1.29 is 0 Å². The molecule has 0 radical (unpaired) electrons. The molecule has 1 aromatic carbocycles. The summed E-state index contributed by atoms with van der Waals surface area (Å²) in [5, 5.41) is 4.33. The number of rotatable bonds is 4. The molecule has 0 bridgehead atoms. The highest BCUT2D eigenvalue weighted by atomic mass is 35.5. The van der Waals surface area contributed by atoms with Gasteiger partial charge in [0.05, 0.1) is 0 Å². The number of benzene rings is 1. The summed E-state index contributed by atoms with van der Waals surface area (Å²) >= 11 is 5.93. The zero-order chi connectivity index (χ0) is 14.7. The fourth-order valence-corrected chi connectivity index (χ4v) is 2.94. The van der Waals surface area contributed by atoms with E-state index in [0.717, 1.165) is 35.8 Å². The van der Waals surface area contributed by atoms with E-state index < -0.39 is 0 Å². The number of nitrogens with zero attached hydrogens (tertiary/aromatic N) is 2. The number of hydrogen-bond donors (Lipinski definition) is 1. The Labute approximate surface area is 130 Å². The third-order valence-corrected chi connectivity index (χ3v) is 4.18. The van der Waals surface area contributed by atoms with Crippen LogP contribution in [0.1, 0.15) is 43.5 Å². The Balaban J connectivity index is 1.88. The SMILES string of the molecule is CCCNC1CCCc2nc(-c3ccc(Cl)cc3)ncc21. The Morgan fingerprint density at radius 1 is 1.29 bits per heavy atom. The lowest BCUT2D eigenvalue weighted by Crippen LogP contribution is -2.26. The van der Waals surface area contributed by atoms with Crippen molar-refractivity contribution in [1.29, 1.82) is 0 Å². The van der Waals surface area contributed by atoms with Gasteiger partial charge in [-0.3, -0.25) is 0 Å². The molecule has 1 aromatic heterocycles. The first-order chi connectivity index (χ1) is 10.3. The standard InChI is InChI=1S/C17H20ClN3/c1-2-10-19-15-4-3-5-16-14(15)11-20-17(21-16)12-6-8-13(18)9-7-12/h6-9,11,15,19H,2-5,10H2,1H3. The molecule has 0 saturated heterocycles. The molecule has 1 heterocycles. The van der Waals surface area contributed by atoms with E-state index in [-0.39, 0.29) is 0 Å². The monoisotopic (exact) mass is 301 g/mol. The smallest absolute Gasteiger partial charge is 0.159 e. The molecule has 1 aliphatic rings. The number of halogens is 1. The van der Waals surface area contributed by atoms with Gasteiger partial charge in [0.2, 0.25) is 0 Å². The van der Waals surface area contributed by atoms with Gasteiger partial charge in [0.1, 0.15) is 0 Å². The second-order valence-electron chi connectivity index (χ2n) is 5.50. The van der Waals surface area contributed by atoms with Gasteiger partial charge in [-0.2, -0.15) is 0 Å². The minimum absolute atomic E-state index is 0.410. The second kappa shape index (κ2) is 6.54. The molecule has 0 spiro atoms. The molecule has 110 valence electrons. The van der Waals surface area contributed by atoms with E-state index in [2.05, 4.69) is 17.2 Å². The molecule has 3 rings (SSSR count). The highest BCUT2D eigenvalue weighted by Crippen LogP contribution is 2.29. The molecule has 1 N–H and O–H groups in total. The molecule has 0 fully saturated rings. The summed E-state index contributed by atoms with van der Waals surface area (Å²) in [7, 11) is 0. The quantitative estimate of drug-likeness (QED) is 0.921. The molecule has 0 aliphatic heterocycles. The van der Waals surface area contributed by atoms with Crippen LogP contribution in [0.4, 0.5) is 0 Å². The summed E-state index contributed by atoms with van der Waals surface area (Å²) in [6, 6.07) is 8.11. The molecule has 1 unspecified atom stereocenters. The number of fused-ring (bicyclic) bond motifs is 1. The lowest BCUT2D eigenvalue weighted by atomic mass is 9.92. The minimum Gasteiger partial charge on any atom is -0.310 e. The third kappa shape index (κ3) is 3.25. The van der Waals surface area contributed by atoms with Crippen molar-refractivity contribution in [3.63, 3.8) is 0 Å². The van der Waals surface area contributed by atoms with E-state index >= 15 is 0 Å². The van der Waals surface area contributed by atoms with Crippen molar-refractivity contribution in [3.05, 3.63) is 46.7 Å². The summed E-state index contributed by atoms with van der Waals surface area (Å²) in [4.78, 5) is 9.33. The Kier molecular flexibility index (Phi) is 4.51. The first kappa shape index (κ1) is 14.5. The lowest BCUT2D eigenvalue weighted by Gasteiger charge is -2.25. The van der Waals surface area contributed by atoms with Crippen molar-refractivity contribution in [2.45, 2.75) is 38.6 Å². The predicted octanol–water partition coefficient (Wildman–Crippen LogP) is 4.17. The molecular weight excluding hydrogens is 282 g/mol. The Morgan fingerprint density at radius 3 is 2.86 bits per heavy atom. The zero-order valence-electron chi connectivity index (χ0n) is 12.3. The second-order valence-corrected chi connectivity index (χ2v) is 5.94. The van der Waals surface area contributed by atoms with Gasteiger partial charge >= 0.3 is 0 Å². The topological polar surface area (TPSA) is 37.8 Å². The summed E-state index contributed by atoms with van der Waals surface area (Å²) < 4.78 is 0. The van der Waals surface area contributed by atoms with Gasteiger partial charge in [0, 0.05) is 34.1 Å². The van der Waals surface area contributed by atoms with Crippen LogP contribution in [-0.2, 0) is 6.42 Å². The molecular formula is C17H20ClN3. The average Bonchev–Trinajstić information content (AvgIpc) is 2.53. The molecule has 0 amide bonds. The molecule has 0 saturated carbocycles. The first-order valence-corrected chi connectivity index (χ1v) is 8.01. The molecule has 4 heteroatoms. The number of aromatic nitrogens is 2. The zero-order valence-corrected chi connectivity index (χ0v) is 13.0. The van der Waals surface area contributed by atoms with Crippen molar-refractivity contribution in [2.24, 2.45) is 0 Å². The molecule has 1 atom stereocenters.